The lowest BCUT2D eigenvalue weighted by Gasteiger charge is -2.30. The fraction of sp³-hybridized carbons (Fsp3) is 1.00. The smallest absolute Gasteiger partial charge is 0.0753 e. The molecule has 0 aromatic carbocycles. The van der Waals surface area contributed by atoms with Crippen LogP contribution in [0, 0.1) is 11.8 Å². The van der Waals surface area contributed by atoms with E-state index < -0.39 is 0 Å². The third kappa shape index (κ3) is 3.25. The third-order valence-corrected chi connectivity index (χ3v) is 2.94. The van der Waals surface area contributed by atoms with Gasteiger partial charge in [-0.2, -0.15) is 0 Å². The first-order valence-electron chi connectivity index (χ1n) is 6.05. The van der Waals surface area contributed by atoms with Crippen molar-refractivity contribution in [3.8, 4) is 0 Å². The highest BCUT2D eigenvalue weighted by Gasteiger charge is 2.37. The lowest BCUT2D eigenvalue weighted by atomic mass is 9.95. The third-order valence-electron chi connectivity index (χ3n) is 2.94. The van der Waals surface area contributed by atoms with Crippen LogP contribution in [0.2, 0.25) is 0 Å². The molecule has 0 amide bonds. The van der Waals surface area contributed by atoms with Crippen LogP contribution in [0.4, 0.5) is 0 Å². The van der Waals surface area contributed by atoms with E-state index >= 15 is 0 Å². The van der Waals surface area contributed by atoms with Crippen molar-refractivity contribution in [3.63, 3.8) is 0 Å². The first-order chi connectivity index (χ1) is 6.70. The van der Waals surface area contributed by atoms with Crippen LogP contribution in [0.1, 0.15) is 40.5 Å². The quantitative estimate of drug-likeness (QED) is 0.680. The Balaban J connectivity index is 2.50. The molecule has 0 aromatic heterocycles. The number of hydrogen-bond acceptors (Lipinski definition) is 2. The second-order valence-corrected chi connectivity index (χ2v) is 4.58. The molecule has 2 nitrogen and oxygen atoms in total. The van der Waals surface area contributed by atoms with E-state index in [9.17, 15) is 0 Å². The van der Waals surface area contributed by atoms with Gasteiger partial charge < -0.3 is 10.1 Å². The summed E-state index contributed by atoms with van der Waals surface area (Å²) in [5.74, 6) is 1.48. The molecule has 1 N–H and O–H groups in total. The van der Waals surface area contributed by atoms with Crippen LogP contribution in [-0.4, -0.2) is 25.3 Å². The second kappa shape index (κ2) is 5.72. The molecule has 1 aliphatic rings. The summed E-state index contributed by atoms with van der Waals surface area (Å²) in [7, 11) is 0. The van der Waals surface area contributed by atoms with Crippen molar-refractivity contribution < 1.29 is 4.74 Å². The summed E-state index contributed by atoms with van der Waals surface area (Å²) >= 11 is 0. The zero-order valence-corrected chi connectivity index (χ0v) is 10.0. The summed E-state index contributed by atoms with van der Waals surface area (Å²) in [5.41, 5.74) is 0. The number of ether oxygens (including phenoxy) is 1. The van der Waals surface area contributed by atoms with Gasteiger partial charge in [0.1, 0.15) is 0 Å². The van der Waals surface area contributed by atoms with Crippen molar-refractivity contribution in [3.05, 3.63) is 0 Å². The Bertz CT molecular complexity index is 144. The van der Waals surface area contributed by atoms with E-state index in [0.29, 0.717) is 18.1 Å². The molecule has 2 heteroatoms. The highest BCUT2D eigenvalue weighted by Crippen LogP contribution is 2.36. The second-order valence-electron chi connectivity index (χ2n) is 4.58. The van der Waals surface area contributed by atoms with Crippen LogP contribution in [-0.2, 0) is 4.74 Å². The first kappa shape index (κ1) is 12.0. The standard InChI is InChI=1S/C12H25NO/c1-5-13-11(10-7-8-10)12(9(3)4)14-6-2/h9-13H,5-8H2,1-4H3. The van der Waals surface area contributed by atoms with Crippen LogP contribution >= 0.6 is 0 Å². The average Bonchev–Trinajstić information content (AvgIpc) is 2.94. The Morgan fingerprint density at radius 3 is 2.29 bits per heavy atom. The van der Waals surface area contributed by atoms with Crippen molar-refractivity contribution in [1.82, 2.24) is 5.32 Å². The molecule has 84 valence electrons. The van der Waals surface area contributed by atoms with Crippen molar-refractivity contribution in [2.75, 3.05) is 13.2 Å². The Morgan fingerprint density at radius 1 is 1.29 bits per heavy atom. The molecule has 1 aliphatic carbocycles. The minimum absolute atomic E-state index is 0.396. The largest absolute Gasteiger partial charge is 0.377 e. The monoisotopic (exact) mass is 199 g/mol. The van der Waals surface area contributed by atoms with Gasteiger partial charge in [0.15, 0.2) is 0 Å². The molecule has 1 fully saturated rings. The Hall–Kier alpha value is -0.0800. The van der Waals surface area contributed by atoms with Gasteiger partial charge in [0.05, 0.1) is 6.10 Å². The number of rotatable bonds is 7. The van der Waals surface area contributed by atoms with Gasteiger partial charge in [-0.15, -0.1) is 0 Å². The number of hydrogen-bond donors (Lipinski definition) is 1. The van der Waals surface area contributed by atoms with E-state index in [0.717, 1.165) is 19.1 Å². The molecule has 0 saturated heterocycles. The van der Waals surface area contributed by atoms with Gasteiger partial charge in [0.25, 0.3) is 0 Å². The van der Waals surface area contributed by atoms with Gasteiger partial charge >= 0.3 is 0 Å². The van der Waals surface area contributed by atoms with Crippen LogP contribution in [0.25, 0.3) is 0 Å². The lowest BCUT2D eigenvalue weighted by Crippen LogP contribution is -2.45. The van der Waals surface area contributed by atoms with Crippen LogP contribution in [0.15, 0.2) is 0 Å². The van der Waals surface area contributed by atoms with Gasteiger partial charge in [0.2, 0.25) is 0 Å². The highest BCUT2D eigenvalue weighted by atomic mass is 16.5. The van der Waals surface area contributed by atoms with Crippen LogP contribution < -0.4 is 5.32 Å². The fourth-order valence-electron chi connectivity index (χ4n) is 2.15. The summed E-state index contributed by atoms with van der Waals surface area (Å²) in [6.07, 6.45) is 3.16. The molecule has 2 unspecified atom stereocenters. The lowest BCUT2D eigenvalue weighted by molar-refractivity contribution is -0.00158. The Morgan fingerprint density at radius 2 is 1.93 bits per heavy atom. The summed E-state index contributed by atoms with van der Waals surface area (Å²) in [5, 5.41) is 3.59. The number of nitrogens with one attached hydrogen (secondary N) is 1. The molecule has 0 bridgehead atoms. The maximum absolute atomic E-state index is 5.86. The SMILES string of the molecule is CCNC(C1CC1)C(OCC)C(C)C. The summed E-state index contributed by atoms with van der Waals surface area (Å²) in [4.78, 5) is 0. The zero-order chi connectivity index (χ0) is 10.6. The van der Waals surface area contributed by atoms with Crippen molar-refractivity contribution >= 4 is 0 Å². The highest BCUT2D eigenvalue weighted by molar-refractivity contribution is 4.92. The van der Waals surface area contributed by atoms with Crippen LogP contribution in [0.5, 0.6) is 0 Å². The maximum Gasteiger partial charge on any atom is 0.0753 e. The Labute approximate surface area is 88.4 Å². The van der Waals surface area contributed by atoms with Gasteiger partial charge in [-0.05, 0) is 38.1 Å². The van der Waals surface area contributed by atoms with Crippen molar-refractivity contribution in [2.45, 2.75) is 52.7 Å². The average molecular weight is 199 g/mol. The fourth-order valence-corrected chi connectivity index (χ4v) is 2.15. The molecule has 1 saturated carbocycles. The van der Waals surface area contributed by atoms with Crippen LogP contribution in [0.3, 0.4) is 0 Å². The van der Waals surface area contributed by atoms with E-state index in [4.69, 9.17) is 4.74 Å². The van der Waals surface area contributed by atoms with Crippen molar-refractivity contribution in [1.29, 1.82) is 0 Å². The normalized spacial score (nSPS) is 21.2. The molecule has 0 aromatic rings. The Kier molecular flexibility index (Phi) is 4.90. The topological polar surface area (TPSA) is 21.3 Å². The van der Waals surface area contributed by atoms with E-state index in [1.54, 1.807) is 0 Å². The first-order valence-corrected chi connectivity index (χ1v) is 6.05. The van der Waals surface area contributed by atoms with E-state index in [1.165, 1.54) is 12.8 Å². The van der Waals surface area contributed by atoms with E-state index in [-0.39, 0.29) is 0 Å². The minimum Gasteiger partial charge on any atom is -0.377 e. The molecule has 0 spiro atoms. The van der Waals surface area contributed by atoms with Gasteiger partial charge in [-0.25, -0.2) is 0 Å². The molecule has 14 heavy (non-hydrogen) atoms. The number of likely N-dealkylation sites (N-methyl/N-ethyl adjacent to an activating group) is 1. The van der Waals surface area contributed by atoms with Gasteiger partial charge in [-0.1, -0.05) is 20.8 Å². The van der Waals surface area contributed by atoms with E-state index in [2.05, 4.69) is 33.0 Å². The predicted molar refractivity (Wildman–Crippen MR) is 60.4 cm³/mol. The summed E-state index contributed by atoms with van der Waals surface area (Å²) < 4.78 is 5.86. The zero-order valence-electron chi connectivity index (χ0n) is 10.0. The summed E-state index contributed by atoms with van der Waals surface area (Å²) in [6, 6.07) is 0.583. The predicted octanol–water partition coefficient (Wildman–Crippen LogP) is 2.44. The molecule has 0 aliphatic heterocycles. The van der Waals surface area contributed by atoms with Crippen molar-refractivity contribution in [2.24, 2.45) is 11.8 Å². The molecular formula is C12H25NO. The summed E-state index contributed by atoms with van der Waals surface area (Å²) in [6.45, 7) is 10.7. The van der Waals surface area contributed by atoms with E-state index in [1.807, 2.05) is 0 Å². The maximum atomic E-state index is 5.86. The van der Waals surface area contributed by atoms with Gasteiger partial charge in [0, 0.05) is 12.6 Å². The minimum atomic E-state index is 0.396. The van der Waals surface area contributed by atoms with Gasteiger partial charge in [-0.3, -0.25) is 0 Å². The molecular weight excluding hydrogens is 174 g/mol. The molecule has 0 radical (unpaired) electrons. The molecule has 0 heterocycles. The molecule has 2 atom stereocenters. The molecule has 1 rings (SSSR count).